The van der Waals surface area contributed by atoms with Gasteiger partial charge < -0.3 is 10.4 Å². The molecule has 1 amide bonds. The average molecular weight is 280 g/mol. The highest BCUT2D eigenvalue weighted by atomic mass is 32.1. The maximum Gasteiger partial charge on any atom is 0.325 e. The minimum Gasteiger partial charge on any atom is -0.480 e. The molecule has 0 fully saturated rings. The van der Waals surface area contributed by atoms with E-state index in [0.717, 1.165) is 4.88 Å². The number of amides is 1. The fourth-order valence-electron chi connectivity index (χ4n) is 1.45. The van der Waals surface area contributed by atoms with E-state index in [4.69, 9.17) is 5.11 Å². The number of nitrogens with one attached hydrogen (secondary N) is 1. The molecule has 2 rings (SSSR count). The molecule has 2 aromatic rings. The summed E-state index contributed by atoms with van der Waals surface area (Å²) in [5.41, 5.74) is 0.517. The van der Waals surface area contributed by atoms with E-state index in [0.29, 0.717) is 10.6 Å². The number of hydrogen-bond acceptors (Lipinski definition) is 5. The van der Waals surface area contributed by atoms with Crippen molar-refractivity contribution in [3.63, 3.8) is 0 Å². The van der Waals surface area contributed by atoms with Crippen LogP contribution in [0.15, 0.2) is 18.3 Å². The topological polar surface area (TPSA) is 97.1 Å². The zero-order valence-electron chi connectivity index (χ0n) is 10.2. The third-order valence-corrected chi connectivity index (χ3v) is 3.28. The van der Waals surface area contributed by atoms with Crippen molar-refractivity contribution in [1.29, 1.82) is 0 Å². The van der Waals surface area contributed by atoms with Crippen LogP contribution in [0.1, 0.15) is 20.2 Å². The number of aromatic nitrogens is 3. The summed E-state index contributed by atoms with van der Waals surface area (Å²) < 4.78 is 1.21. The maximum atomic E-state index is 11.8. The van der Waals surface area contributed by atoms with E-state index in [1.807, 2.05) is 13.0 Å². The van der Waals surface area contributed by atoms with E-state index in [-0.39, 0.29) is 19.0 Å². The van der Waals surface area contributed by atoms with Crippen LogP contribution in [-0.4, -0.2) is 32.0 Å². The fourth-order valence-corrected chi connectivity index (χ4v) is 2.23. The van der Waals surface area contributed by atoms with Gasteiger partial charge in [-0.1, -0.05) is 5.21 Å². The highest BCUT2D eigenvalue weighted by molar-refractivity contribution is 7.13. The molecule has 0 aromatic carbocycles. The molecular weight excluding hydrogens is 268 g/mol. The Morgan fingerprint density at radius 2 is 2.26 bits per heavy atom. The van der Waals surface area contributed by atoms with Crippen molar-refractivity contribution in [2.75, 3.05) is 0 Å². The Morgan fingerprint density at radius 3 is 2.89 bits per heavy atom. The number of carboxylic acids is 1. The summed E-state index contributed by atoms with van der Waals surface area (Å²) in [7, 11) is 0. The molecule has 0 unspecified atom stereocenters. The fraction of sp³-hybridized carbons (Fsp3) is 0.273. The van der Waals surface area contributed by atoms with Gasteiger partial charge in [0.05, 0.1) is 17.6 Å². The van der Waals surface area contributed by atoms with Gasteiger partial charge in [-0.25, -0.2) is 4.68 Å². The van der Waals surface area contributed by atoms with Gasteiger partial charge >= 0.3 is 5.97 Å². The van der Waals surface area contributed by atoms with Gasteiger partial charge in [0.15, 0.2) is 0 Å². The minimum atomic E-state index is -0.991. The second-order valence-electron chi connectivity index (χ2n) is 3.89. The Hall–Kier alpha value is -2.22. The quantitative estimate of drug-likeness (QED) is 0.838. The zero-order chi connectivity index (χ0) is 13.8. The Labute approximate surface area is 112 Å². The molecule has 8 heteroatoms. The molecular formula is C11H12N4O3S. The lowest BCUT2D eigenvalue weighted by Gasteiger charge is -1.99. The van der Waals surface area contributed by atoms with Crippen LogP contribution in [0.3, 0.4) is 0 Å². The molecule has 19 heavy (non-hydrogen) atoms. The number of rotatable bonds is 5. The molecule has 0 saturated carbocycles. The van der Waals surface area contributed by atoms with Crippen molar-refractivity contribution < 1.29 is 14.7 Å². The molecule has 100 valence electrons. The van der Waals surface area contributed by atoms with Crippen molar-refractivity contribution in [1.82, 2.24) is 20.3 Å². The van der Waals surface area contributed by atoms with Crippen molar-refractivity contribution in [2.45, 2.75) is 20.0 Å². The molecule has 0 saturated heterocycles. The number of aryl methyl sites for hydroxylation is 1. The summed E-state index contributed by atoms with van der Waals surface area (Å²) in [5.74, 6) is -1.17. The van der Waals surface area contributed by atoms with Gasteiger partial charge in [-0.2, -0.15) is 0 Å². The molecule has 2 N–H and O–H groups in total. The summed E-state index contributed by atoms with van der Waals surface area (Å²) in [5, 5.41) is 18.7. The van der Waals surface area contributed by atoms with Gasteiger partial charge in [-0.15, -0.1) is 16.4 Å². The summed E-state index contributed by atoms with van der Waals surface area (Å²) in [6, 6.07) is 3.64. The van der Waals surface area contributed by atoms with E-state index in [9.17, 15) is 9.59 Å². The first-order valence-electron chi connectivity index (χ1n) is 5.50. The van der Waals surface area contributed by atoms with Crippen molar-refractivity contribution in [2.24, 2.45) is 0 Å². The molecule has 0 spiro atoms. The summed E-state index contributed by atoms with van der Waals surface area (Å²) in [6.07, 6.45) is 1.49. The van der Waals surface area contributed by atoms with Crippen LogP contribution in [0.4, 0.5) is 0 Å². The van der Waals surface area contributed by atoms with Crippen molar-refractivity contribution in [3.8, 4) is 0 Å². The van der Waals surface area contributed by atoms with E-state index < -0.39 is 5.97 Å². The van der Waals surface area contributed by atoms with Gasteiger partial charge in [-0.05, 0) is 19.1 Å². The highest BCUT2D eigenvalue weighted by Gasteiger charge is 2.09. The lowest BCUT2D eigenvalue weighted by Crippen LogP contribution is -2.21. The number of carboxylic acid groups (broad SMARTS) is 1. The molecule has 0 atom stereocenters. The molecule has 2 heterocycles. The lowest BCUT2D eigenvalue weighted by molar-refractivity contribution is -0.137. The Kier molecular flexibility index (Phi) is 3.91. The van der Waals surface area contributed by atoms with Crippen molar-refractivity contribution in [3.05, 3.63) is 33.8 Å². The number of thiophene rings is 1. The normalized spacial score (nSPS) is 10.4. The number of hydrogen-bond donors (Lipinski definition) is 2. The number of carbonyl (C=O) groups excluding carboxylic acids is 1. The van der Waals surface area contributed by atoms with Crippen LogP contribution in [-0.2, 0) is 17.9 Å². The van der Waals surface area contributed by atoms with Gasteiger partial charge in [0.25, 0.3) is 5.91 Å². The smallest absolute Gasteiger partial charge is 0.325 e. The SMILES string of the molecule is Cc1ccc(C(=O)NCc2cn(CC(=O)O)nn2)s1. The van der Waals surface area contributed by atoms with E-state index in [1.54, 1.807) is 6.07 Å². The van der Waals surface area contributed by atoms with Gasteiger partial charge in [0.2, 0.25) is 0 Å². The Morgan fingerprint density at radius 1 is 1.47 bits per heavy atom. The first-order chi connectivity index (χ1) is 9.04. The third kappa shape index (κ3) is 3.62. The molecule has 7 nitrogen and oxygen atoms in total. The molecule has 0 bridgehead atoms. The van der Waals surface area contributed by atoms with E-state index in [2.05, 4.69) is 15.6 Å². The molecule has 0 aliphatic heterocycles. The summed E-state index contributed by atoms with van der Waals surface area (Å²) >= 11 is 1.41. The first kappa shape index (κ1) is 13.2. The Bertz CT molecular complexity index is 605. The number of nitrogens with zero attached hydrogens (tertiary/aromatic N) is 3. The van der Waals surface area contributed by atoms with E-state index >= 15 is 0 Å². The van der Waals surface area contributed by atoms with Crippen LogP contribution in [0.2, 0.25) is 0 Å². The molecule has 0 aliphatic carbocycles. The highest BCUT2D eigenvalue weighted by Crippen LogP contribution is 2.14. The van der Waals surface area contributed by atoms with Crippen LogP contribution in [0.25, 0.3) is 0 Å². The number of aliphatic carboxylic acids is 1. The number of carbonyl (C=O) groups is 2. The first-order valence-corrected chi connectivity index (χ1v) is 6.31. The van der Waals surface area contributed by atoms with Crippen LogP contribution < -0.4 is 5.32 Å². The van der Waals surface area contributed by atoms with Crippen LogP contribution in [0.5, 0.6) is 0 Å². The molecule has 0 radical (unpaired) electrons. The van der Waals surface area contributed by atoms with Gasteiger partial charge in [0, 0.05) is 4.88 Å². The minimum absolute atomic E-state index is 0.175. The largest absolute Gasteiger partial charge is 0.480 e. The van der Waals surface area contributed by atoms with Crippen LogP contribution >= 0.6 is 11.3 Å². The molecule has 2 aromatic heterocycles. The van der Waals surface area contributed by atoms with Crippen LogP contribution in [0, 0.1) is 6.92 Å². The predicted molar refractivity (Wildman–Crippen MR) is 67.9 cm³/mol. The van der Waals surface area contributed by atoms with Gasteiger partial charge in [-0.3, -0.25) is 9.59 Å². The average Bonchev–Trinajstić information content (AvgIpc) is 2.94. The zero-order valence-corrected chi connectivity index (χ0v) is 11.0. The standard InChI is InChI=1S/C11H12N4O3S/c1-7-2-3-9(19-7)11(18)12-4-8-5-15(14-13-8)6-10(16)17/h2-3,5H,4,6H2,1H3,(H,12,18)(H,16,17). The summed E-state index contributed by atoms with van der Waals surface area (Å²) in [6.45, 7) is 1.90. The maximum absolute atomic E-state index is 11.8. The second kappa shape index (κ2) is 5.61. The Balaban J connectivity index is 1.90. The van der Waals surface area contributed by atoms with Crippen molar-refractivity contribution >= 4 is 23.2 Å². The monoisotopic (exact) mass is 280 g/mol. The summed E-state index contributed by atoms with van der Waals surface area (Å²) in [4.78, 5) is 23.9. The van der Waals surface area contributed by atoms with E-state index in [1.165, 1.54) is 22.2 Å². The lowest BCUT2D eigenvalue weighted by atomic mass is 10.4. The third-order valence-electron chi connectivity index (χ3n) is 2.28. The molecule has 0 aliphatic rings. The van der Waals surface area contributed by atoms with Gasteiger partial charge in [0.1, 0.15) is 12.2 Å². The predicted octanol–water partition coefficient (Wildman–Crippen LogP) is 0.663. The second-order valence-corrected chi connectivity index (χ2v) is 5.18.